The van der Waals surface area contributed by atoms with Gasteiger partial charge in [0, 0.05) is 23.2 Å². The van der Waals surface area contributed by atoms with Crippen LogP contribution in [0.3, 0.4) is 0 Å². The summed E-state index contributed by atoms with van der Waals surface area (Å²) in [7, 11) is -9.69. The molecule has 0 heterocycles. The van der Waals surface area contributed by atoms with E-state index in [0.29, 0.717) is 0 Å². The zero-order chi connectivity index (χ0) is 23.1. The third kappa shape index (κ3) is 5.21. The van der Waals surface area contributed by atoms with Crippen LogP contribution in [-0.2, 0) is 20.2 Å². The third-order valence-corrected chi connectivity index (χ3v) is 5.75. The molecule has 3 aromatic carbocycles. The van der Waals surface area contributed by atoms with Crippen LogP contribution in [0.2, 0.25) is 0 Å². The molecule has 0 bridgehead atoms. The predicted molar refractivity (Wildman–Crippen MR) is 114 cm³/mol. The molecule has 0 fully saturated rings. The van der Waals surface area contributed by atoms with Crippen molar-refractivity contribution in [1.82, 2.24) is 0 Å². The number of hydrogen-bond donors (Lipinski definition) is 4. The number of azo groups is 1. The fourth-order valence-corrected chi connectivity index (χ4v) is 3.89. The van der Waals surface area contributed by atoms with Gasteiger partial charge in [0.15, 0.2) is 5.75 Å². The van der Waals surface area contributed by atoms with Gasteiger partial charge in [0.1, 0.15) is 10.6 Å². The fraction of sp³-hybridized carbons (Fsp3) is 0. The van der Waals surface area contributed by atoms with Gasteiger partial charge in [-0.15, -0.1) is 5.11 Å². The maximum absolute atomic E-state index is 11.8. The number of nitro groups is 1. The first-order valence-corrected chi connectivity index (χ1v) is 10.9. The SMILES string of the molecule is Nc1cc(S(=O)(=O)O)cc2cc(S(=O)(=O)O)c(N=Nc3ccc([N+](=O)[O-])cc3)c(O)c12.[NaH]. The molecule has 0 aliphatic heterocycles. The molecule has 32 heavy (non-hydrogen) atoms. The van der Waals surface area contributed by atoms with E-state index < -0.39 is 46.4 Å². The van der Waals surface area contributed by atoms with E-state index >= 15 is 0 Å². The van der Waals surface area contributed by atoms with Crippen molar-refractivity contribution in [1.29, 1.82) is 0 Å². The number of anilines is 1. The first kappa shape index (κ1) is 25.6. The third-order valence-electron chi connectivity index (χ3n) is 4.06. The molecule has 164 valence electrons. The first-order chi connectivity index (χ1) is 14.3. The molecular formula is C16H13N4NaO9S2. The molecule has 0 radical (unpaired) electrons. The van der Waals surface area contributed by atoms with Crippen molar-refractivity contribution < 1.29 is 36.0 Å². The Hall–Kier alpha value is -2.66. The van der Waals surface area contributed by atoms with E-state index in [9.17, 15) is 41.2 Å². The Morgan fingerprint density at radius 1 is 0.938 bits per heavy atom. The van der Waals surface area contributed by atoms with Gasteiger partial charge in [-0.05, 0) is 35.7 Å². The van der Waals surface area contributed by atoms with Gasteiger partial charge in [-0.25, -0.2) is 0 Å². The van der Waals surface area contributed by atoms with E-state index in [4.69, 9.17) is 5.73 Å². The molecule has 16 heteroatoms. The van der Waals surface area contributed by atoms with Crippen LogP contribution in [0.1, 0.15) is 0 Å². The fourth-order valence-electron chi connectivity index (χ4n) is 2.68. The molecule has 3 aromatic rings. The van der Waals surface area contributed by atoms with Gasteiger partial charge in [0.2, 0.25) is 0 Å². The summed E-state index contributed by atoms with van der Waals surface area (Å²) in [5.74, 6) is -0.838. The van der Waals surface area contributed by atoms with E-state index in [-0.39, 0.29) is 57.4 Å². The summed E-state index contributed by atoms with van der Waals surface area (Å²) in [6.07, 6.45) is 0. The normalized spacial score (nSPS) is 12.1. The van der Waals surface area contributed by atoms with Crippen molar-refractivity contribution in [3.05, 3.63) is 52.6 Å². The molecule has 0 aliphatic rings. The van der Waals surface area contributed by atoms with E-state index in [1.54, 1.807) is 0 Å². The summed E-state index contributed by atoms with van der Waals surface area (Å²) >= 11 is 0. The molecule has 13 nitrogen and oxygen atoms in total. The van der Waals surface area contributed by atoms with Crippen molar-refractivity contribution in [2.75, 3.05) is 5.73 Å². The Labute approximate surface area is 202 Å². The Morgan fingerprint density at radius 3 is 2.03 bits per heavy atom. The summed E-state index contributed by atoms with van der Waals surface area (Å²) in [5.41, 5.74) is 4.53. The molecule has 3 rings (SSSR count). The van der Waals surface area contributed by atoms with Crippen LogP contribution >= 0.6 is 0 Å². The molecule has 0 spiro atoms. The van der Waals surface area contributed by atoms with E-state index in [0.717, 1.165) is 30.3 Å². The van der Waals surface area contributed by atoms with E-state index in [2.05, 4.69) is 10.2 Å². The number of fused-ring (bicyclic) bond motifs is 1. The first-order valence-electron chi connectivity index (χ1n) is 7.99. The Balaban J connectivity index is 0.00000363. The number of benzene rings is 3. The second-order valence-corrected chi connectivity index (χ2v) is 8.92. The average molecular weight is 492 g/mol. The van der Waals surface area contributed by atoms with Crippen molar-refractivity contribution in [3.8, 4) is 5.75 Å². The minimum absolute atomic E-state index is 0. The van der Waals surface area contributed by atoms with Crippen molar-refractivity contribution in [2.45, 2.75) is 9.79 Å². The van der Waals surface area contributed by atoms with Crippen LogP contribution < -0.4 is 5.73 Å². The second kappa shape index (κ2) is 9.07. The Bertz CT molecular complexity index is 1470. The van der Waals surface area contributed by atoms with Crippen molar-refractivity contribution in [3.63, 3.8) is 0 Å². The molecule has 0 unspecified atom stereocenters. The topological polar surface area (TPSA) is 223 Å². The van der Waals surface area contributed by atoms with E-state index in [1.807, 2.05) is 0 Å². The number of rotatable bonds is 5. The standard InChI is InChI=1S/C16H12N4O9S2.Na.H/c17-12-7-11(30(24,25)26)5-8-6-13(31(27,28)29)15(16(21)14(8)12)19-18-9-1-3-10(4-2-9)20(22)23;;/h1-7,21H,17H2,(H,24,25,26)(H,27,28,29);;. The predicted octanol–water partition coefficient (Wildman–Crippen LogP) is 2.30. The number of phenolic OH excluding ortho intramolecular Hbond substituents is 1. The minimum atomic E-state index is -4.99. The van der Waals surface area contributed by atoms with Gasteiger partial charge < -0.3 is 10.8 Å². The van der Waals surface area contributed by atoms with Gasteiger partial charge in [0.25, 0.3) is 25.9 Å². The van der Waals surface area contributed by atoms with Crippen LogP contribution in [0.5, 0.6) is 5.75 Å². The molecule has 0 amide bonds. The molecule has 0 aromatic heterocycles. The Kier molecular flexibility index (Phi) is 7.25. The zero-order valence-electron chi connectivity index (χ0n) is 15.1. The summed E-state index contributed by atoms with van der Waals surface area (Å²) < 4.78 is 65.1. The quantitative estimate of drug-likeness (QED) is 0.101. The monoisotopic (exact) mass is 492 g/mol. The number of phenols is 1. The molecule has 0 atom stereocenters. The van der Waals surface area contributed by atoms with Crippen LogP contribution in [0.4, 0.5) is 22.7 Å². The molecule has 5 N–H and O–H groups in total. The number of nitrogens with two attached hydrogens (primary N) is 1. The van der Waals surface area contributed by atoms with Gasteiger partial charge >= 0.3 is 29.6 Å². The van der Waals surface area contributed by atoms with Crippen molar-refractivity contribution in [2.24, 2.45) is 10.2 Å². The number of non-ortho nitro benzene ring substituents is 1. The van der Waals surface area contributed by atoms with Gasteiger partial charge in [-0.3, -0.25) is 19.2 Å². The summed E-state index contributed by atoms with van der Waals surface area (Å²) in [6, 6.07) is 7.12. The molecular weight excluding hydrogens is 479 g/mol. The average Bonchev–Trinajstić information content (AvgIpc) is 2.65. The number of aromatic hydroxyl groups is 1. The summed E-state index contributed by atoms with van der Waals surface area (Å²) in [5, 5.41) is 28.1. The number of nitrogens with zero attached hydrogens (tertiary/aromatic N) is 3. The maximum atomic E-state index is 11.8. The molecule has 0 saturated heterocycles. The van der Waals surface area contributed by atoms with Crippen LogP contribution in [0, 0.1) is 10.1 Å². The Morgan fingerprint density at radius 2 is 1.53 bits per heavy atom. The number of nitrogen functional groups attached to an aromatic ring is 1. The second-order valence-electron chi connectivity index (χ2n) is 6.11. The van der Waals surface area contributed by atoms with Gasteiger partial charge in [0.05, 0.1) is 15.5 Å². The van der Waals surface area contributed by atoms with Crippen LogP contribution in [-0.4, -0.2) is 65.5 Å². The summed E-state index contributed by atoms with van der Waals surface area (Å²) in [6.45, 7) is 0. The summed E-state index contributed by atoms with van der Waals surface area (Å²) in [4.78, 5) is 8.46. The van der Waals surface area contributed by atoms with Crippen LogP contribution in [0.25, 0.3) is 10.8 Å². The number of nitro benzene ring substituents is 1. The van der Waals surface area contributed by atoms with Crippen LogP contribution in [0.15, 0.2) is 62.5 Å². The number of hydrogen-bond acceptors (Lipinski definition) is 10. The van der Waals surface area contributed by atoms with Crippen molar-refractivity contribution >= 4 is 83.3 Å². The van der Waals surface area contributed by atoms with Gasteiger partial charge in [-0.1, -0.05) is 0 Å². The molecule has 0 aliphatic carbocycles. The zero-order valence-corrected chi connectivity index (χ0v) is 16.7. The molecule has 0 saturated carbocycles. The van der Waals surface area contributed by atoms with Gasteiger partial charge in [-0.2, -0.15) is 21.9 Å². The van der Waals surface area contributed by atoms with E-state index in [1.165, 1.54) is 12.1 Å².